The molecule has 0 radical (unpaired) electrons. The zero-order chi connectivity index (χ0) is 35.2. The van der Waals surface area contributed by atoms with E-state index in [1.807, 2.05) is 0 Å². The van der Waals surface area contributed by atoms with Crippen LogP contribution in [0.15, 0.2) is 0 Å². The summed E-state index contributed by atoms with van der Waals surface area (Å²) in [5, 5.41) is 67.0. The van der Waals surface area contributed by atoms with Crippen LogP contribution in [0.25, 0.3) is 0 Å². The van der Waals surface area contributed by atoms with Crippen molar-refractivity contribution in [2.45, 2.75) is 167 Å². The van der Waals surface area contributed by atoms with Gasteiger partial charge in [0, 0.05) is 18.3 Å². The third-order valence-electron chi connectivity index (χ3n) is 15.9. The van der Waals surface area contributed by atoms with Crippen molar-refractivity contribution in [1.82, 2.24) is 0 Å². The van der Waals surface area contributed by atoms with Crippen LogP contribution in [0.2, 0.25) is 0 Å². The van der Waals surface area contributed by atoms with E-state index in [-0.39, 0.29) is 46.7 Å². The van der Waals surface area contributed by atoms with Gasteiger partial charge in [0.1, 0.15) is 30.5 Å². The maximum Gasteiger partial charge on any atom is 0.303 e. The number of fused-ring (bicyclic) bond motifs is 4. The first-order valence-electron chi connectivity index (χ1n) is 18.4. The Morgan fingerprint density at radius 2 is 1.58 bits per heavy atom. The summed E-state index contributed by atoms with van der Waals surface area (Å²) in [6.07, 6.45) is -0.902. The molecular weight excluding hydrogens is 620 g/mol. The predicted octanol–water partition coefficient (Wildman–Crippen LogP) is 2.65. The number of hydrogen-bond acceptors (Lipinski definition) is 11. The van der Waals surface area contributed by atoms with Crippen molar-refractivity contribution in [2.75, 3.05) is 6.61 Å². The summed E-state index contributed by atoms with van der Waals surface area (Å²) >= 11 is 0. The van der Waals surface area contributed by atoms with Crippen LogP contribution in [0.5, 0.6) is 0 Å². The summed E-state index contributed by atoms with van der Waals surface area (Å²) in [4.78, 5) is 12.1. The summed E-state index contributed by atoms with van der Waals surface area (Å²) < 4.78 is 24.2. The zero-order valence-electron chi connectivity index (χ0n) is 30.0. The molecule has 48 heavy (non-hydrogen) atoms. The molecule has 17 atom stereocenters. The molecule has 0 aromatic heterocycles. The van der Waals surface area contributed by atoms with E-state index in [1.165, 1.54) is 6.92 Å². The molecule has 7 aliphatic rings. The molecule has 2 heterocycles. The molecule has 0 bridgehead atoms. The topological polar surface area (TPSA) is 175 Å². The van der Waals surface area contributed by atoms with Gasteiger partial charge in [-0.05, 0) is 105 Å². The summed E-state index contributed by atoms with van der Waals surface area (Å²) in [5.41, 5.74) is -2.59. The van der Waals surface area contributed by atoms with E-state index in [1.54, 1.807) is 13.8 Å². The average molecular weight is 681 g/mol. The van der Waals surface area contributed by atoms with Gasteiger partial charge in [-0.25, -0.2) is 0 Å². The Balaban J connectivity index is 1.17. The number of rotatable bonds is 5. The molecular formula is C37H60O11. The molecule has 2 aliphatic heterocycles. The van der Waals surface area contributed by atoms with Gasteiger partial charge in [-0.1, -0.05) is 34.6 Å². The van der Waals surface area contributed by atoms with Gasteiger partial charge >= 0.3 is 5.97 Å². The fourth-order valence-corrected chi connectivity index (χ4v) is 13.8. The lowest BCUT2D eigenvalue weighted by atomic mass is 9.41. The van der Waals surface area contributed by atoms with E-state index in [2.05, 4.69) is 34.6 Å². The van der Waals surface area contributed by atoms with E-state index in [9.17, 15) is 35.4 Å². The van der Waals surface area contributed by atoms with Gasteiger partial charge in [0.2, 0.25) is 0 Å². The number of carbonyl (C=O) groups excluding carboxylic acids is 1. The molecule has 274 valence electrons. The third-order valence-corrected chi connectivity index (χ3v) is 15.9. The fourth-order valence-electron chi connectivity index (χ4n) is 13.8. The van der Waals surface area contributed by atoms with Gasteiger partial charge in [-0.3, -0.25) is 4.79 Å². The minimum Gasteiger partial charge on any atom is -0.457 e. The first kappa shape index (κ1) is 35.5. The molecule has 5 aliphatic carbocycles. The highest BCUT2D eigenvalue weighted by molar-refractivity contribution is 5.66. The molecule has 0 aromatic rings. The third kappa shape index (κ3) is 4.41. The zero-order valence-corrected chi connectivity index (χ0v) is 30.0. The van der Waals surface area contributed by atoms with Gasteiger partial charge in [0.25, 0.3) is 0 Å². The second kappa shape index (κ2) is 10.8. The van der Waals surface area contributed by atoms with E-state index < -0.39 is 71.1 Å². The van der Waals surface area contributed by atoms with Crippen LogP contribution in [0.3, 0.4) is 0 Å². The average Bonchev–Trinajstić information content (AvgIpc) is 3.62. The highest BCUT2D eigenvalue weighted by Gasteiger charge is 2.86. The monoisotopic (exact) mass is 680 g/mol. The maximum atomic E-state index is 12.6. The summed E-state index contributed by atoms with van der Waals surface area (Å²) in [5.74, 6) is -2.26. The molecule has 7 rings (SSSR count). The van der Waals surface area contributed by atoms with Crippen LogP contribution < -0.4 is 0 Å². The molecule has 2 saturated heterocycles. The molecule has 0 unspecified atom stereocenters. The van der Waals surface area contributed by atoms with Crippen LogP contribution in [-0.2, 0) is 23.7 Å². The second-order valence-electron chi connectivity index (χ2n) is 18.8. The number of ether oxygens (including phenoxy) is 4. The van der Waals surface area contributed by atoms with Crippen molar-refractivity contribution < 1.29 is 54.4 Å². The normalized spacial score (nSPS) is 56.1. The molecule has 11 nitrogen and oxygen atoms in total. The van der Waals surface area contributed by atoms with Crippen molar-refractivity contribution in [3.63, 3.8) is 0 Å². The predicted molar refractivity (Wildman–Crippen MR) is 172 cm³/mol. The minimum absolute atomic E-state index is 0.0222. The second-order valence-corrected chi connectivity index (χ2v) is 18.8. The van der Waals surface area contributed by atoms with Gasteiger partial charge in [0.05, 0.1) is 18.3 Å². The van der Waals surface area contributed by atoms with Gasteiger partial charge in [0.15, 0.2) is 18.2 Å². The minimum atomic E-state index is -1.86. The summed E-state index contributed by atoms with van der Waals surface area (Å²) in [7, 11) is 0. The largest absolute Gasteiger partial charge is 0.457 e. The Bertz CT molecular complexity index is 1300. The molecule has 2 spiro atoms. The van der Waals surface area contributed by atoms with Gasteiger partial charge in [-0.2, -0.15) is 0 Å². The smallest absolute Gasteiger partial charge is 0.303 e. The van der Waals surface area contributed by atoms with E-state index in [0.717, 1.165) is 44.9 Å². The number of aliphatic hydroxyl groups is 6. The lowest BCUT2D eigenvalue weighted by molar-refractivity contribution is -0.342. The highest BCUT2D eigenvalue weighted by atomic mass is 16.7. The van der Waals surface area contributed by atoms with Crippen molar-refractivity contribution in [1.29, 1.82) is 0 Å². The summed E-state index contributed by atoms with van der Waals surface area (Å²) in [6, 6.07) is 0. The number of hydrogen-bond donors (Lipinski definition) is 6. The Kier molecular flexibility index (Phi) is 8.01. The molecule has 0 aromatic carbocycles. The Morgan fingerprint density at radius 1 is 0.938 bits per heavy atom. The Labute approximate surface area is 284 Å². The molecule has 5 saturated carbocycles. The quantitative estimate of drug-likeness (QED) is 0.186. The molecule has 11 heteroatoms. The molecule has 0 amide bonds. The summed E-state index contributed by atoms with van der Waals surface area (Å²) in [6.45, 7) is 15.4. The first-order valence-corrected chi connectivity index (χ1v) is 18.4. The first-order chi connectivity index (χ1) is 22.1. The molecule has 6 N–H and O–H groups in total. The maximum absolute atomic E-state index is 12.6. The van der Waals surface area contributed by atoms with Crippen LogP contribution in [0.4, 0.5) is 0 Å². The standard InChI is InChI=1S/C37H60O11/c1-18-15-21(28(32(5,6)43)46-19(2)38)48-37(44)27(18)33(7)13-14-36-17-35(36)12-11-24(47-29-26(41)25(40)20(39)16-45-29)31(3,4)22(35)9-10-23(36)34(33,8)30(37)42/h18,20-30,39-44H,9-17H2,1-8H3/t18-,20-,21+,22+,23-,24+,25+,26-,27-,28+,29+,30-,33-,34-,35-,36+,37-/m1/s1. The Morgan fingerprint density at radius 3 is 2.23 bits per heavy atom. The van der Waals surface area contributed by atoms with Gasteiger partial charge < -0.3 is 49.6 Å². The Hall–Kier alpha value is -0.890. The number of carbonyl (C=O) groups is 1. The van der Waals surface area contributed by atoms with Crippen LogP contribution >= 0.6 is 0 Å². The number of esters is 1. The van der Waals surface area contributed by atoms with Crippen LogP contribution in [0.1, 0.15) is 107 Å². The fraction of sp³-hybridized carbons (Fsp3) is 0.973. The number of aliphatic hydroxyl groups excluding tert-OH is 4. The highest BCUT2D eigenvalue weighted by Crippen LogP contribution is 2.89. The van der Waals surface area contributed by atoms with Gasteiger partial charge in [-0.15, -0.1) is 0 Å². The van der Waals surface area contributed by atoms with Crippen molar-refractivity contribution in [2.24, 2.45) is 50.7 Å². The van der Waals surface area contributed by atoms with E-state index in [0.29, 0.717) is 12.3 Å². The lowest BCUT2D eigenvalue weighted by Crippen LogP contribution is -2.62. The van der Waals surface area contributed by atoms with Crippen molar-refractivity contribution in [3.05, 3.63) is 0 Å². The van der Waals surface area contributed by atoms with Crippen LogP contribution in [-0.4, -0.2) is 104 Å². The van der Waals surface area contributed by atoms with Crippen molar-refractivity contribution >= 4 is 5.97 Å². The molecule has 7 fully saturated rings. The van der Waals surface area contributed by atoms with Crippen LogP contribution in [0, 0.1) is 50.7 Å². The van der Waals surface area contributed by atoms with Crippen molar-refractivity contribution in [3.8, 4) is 0 Å². The van der Waals surface area contributed by atoms with E-state index in [4.69, 9.17) is 18.9 Å². The van der Waals surface area contributed by atoms with E-state index >= 15 is 0 Å². The SMILES string of the molecule is CC(=O)O[C@@H]([C@@H]1C[C@@H](C)[C@H]2[C@@](O)(O1)[C@H](O)[C@@]1(C)[C@H]3CC[C@H]4C(C)(C)[C@@H](O[C@@H]5OC[C@@H](O)[C@H](O)[C@H]5O)CC[C@@]45C[C@@]35CC[C@]21C)C(C)(C)O. The lowest BCUT2D eigenvalue weighted by Gasteiger charge is -2.63.